The van der Waals surface area contributed by atoms with E-state index in [1.807, 2.05) is 24.3 Å². The minimum Gasteiger partial charge on any atom is -0.496 e. The first kappa shape index (κ1) is 11.8. The number of rotatable bonds is 4. The number of methoxy groups -OCH3 is 1. The van der Waals surface area contributed by atoms with Gasteiger partial charge in [0.05, 0.1) is 13.3 Å². The fourth-order valence-corrected chi connectivity index (χ4v) is 1.38. The predicted molar refractivity (Wildman–Crippen MR) is 65.0 cm³/mol. The van der Waals surface area contributed by atoms with E-state index in [9.17, 15) is 0 Å². The average molecular weight is 223 g/mol. The minimum atomic E-state index is -1.58. The Balaban J connectivity index is 2.72. The molecule has 0 unspecified atom stereocenters. The highest BCUT2D eigenvalue weighted by Gasteiger charge is 2.15. The van der Waals surface area contributed by atoms with Gasteiger partial charge in [-0.3, -0.25) is 0 Å². The summed E-state index contributed by atoms with van der Waals surface area (Å²) >= 11 is 0. The van der Waals surface area contributed by atoms with Gasteiger partial charge < -0.3 is 9.26 Å². The quantitative estimate of drug-likeness (QED) is 0.446. The molecule has 0 amide bonds. The molecular weight excluding hydrogens is 206 g/mol. The van der Waals surface area contributed by atoms with Gasteiger partial charge in [-0.1, -0.05) is 12.1 Å². The second-order valence-electron chi connectivity index (χ2n) is 4.18. The molecule has 0 aromatic heterocycles. The maximum atomic E-state index is 5.39. The van der Waals surface area contributed by atoms with Gasteiger partial charge in [0.2, 0.25) is 0 Å². The number of hydrogen-bond acceptors (Lipinski definition) is 3. The van der Waals surface area contributed by atoms with E-state index in [1.54, 1.807) is 13.3 Å². The van der Waals surface area contributed by atoms with Crippen LogP contribution in [0.4, 0.5) is 0 Å². The number of hydrogen-bond donors (Lipinski definition) is 0. The molecule has 0 aliphatic heterocycles. The Kier molecular flexibility index (Phi) is 3.91. The van der Waals surface area contributed by atoms with Gasteiger partial charge in [-0.05, 0) is 31.8 Å². The molecule has 0 aliphatic carbocycles. The molecule has 0 atom stereocenters. The molecule has 1 aromatic carbocycles. The van der Waals surface area contributed by atoms with Crippen LogP contribution in [0.3, 0.4) is 0 Å². The summed E-state index contributed by atoms with van der Waals surface area (Å²) < 4.78 is 10.6. The first-order valence-corrected chi connectivity index (χ1v) is 8.28. The van der Waals surface area contributed by atoms with Crippen LogP contribution in [0.5, 0.6) is 5.75 Å². The summed E-state index contributed by atoms with van der Waals surface area (Å²) in [7, 11) is 0.0675. The third-order valence-electron chi connectivity index (χ3n) is 1.66. The van der Waals surface area contributed by atoms with Gasteiger partial charge in [0.1, 0.15) is 5.75 Å². The maximum Gasteiger partial charge on any atom is 0.278 e. The van der Waals surface area contributed by atoms with Crippen molar-refractivity contribution in [2.75, 3.05) is 7.11 Å². The third-order valence-corrected chi connectivity index (χ3v) is 2.31. The molecule has 15 heavy (non-hydrogen) atoms. The summed E-state index contributed by atoms with van der Waals surface area (Å²) in [5.41, 5.74) is 0.929. The van der Waals surface area contributed by atoms with Crippen LogP contribution in [-0.4, -0.2) is 21.6 Å². The van der Waals surface area contributed by atoms with Gasteiger partial charge in [-0.2, -0.15) is 0 Å². The summed E-state index contributed by atoms with van der Waals surface area (Å²) in [6.07, 6.45) is 1.69. The Morgan fingerprint density at radius 2 is 1.87 bits per heavy atom. The average Bonchev–Trinajstić information content (AvgIpc) is 2.16. The largest absolute Gasteiger partial charge is 0.496 e. The fraction of sp³-hybridized carbons (Fsp3) is 0.364. The molecule has 1 rings (SSSR count). The zero-order chi connectivity index (χ0) is 11.3. The molecule has 82 valence electrons. The van der Waals surface area contributed by atoms with Crippen molar-refractivity contribution in [3.63, 3.8) is 0 Å². The molecular formula is C11H17NO2Si. The third kappa shape index (κ3) is 4.16. The molecule has 3 nitrogen and oxygen atoms in total. The molecule has 0 aliphatic rings. The van der Waals surface area contributed by atoms with Crippen LogP contribution in [0, 0.1) is 0 Å². The normalized spacial score (nSPS) is 11.7. The molecule has 1 aromatic rings. The topological polar surface area (TPSA) is 30.8 Å². The van der Waals surface area contributed by atoms with Gasteiger partial charge >= 0.3 is 0 Å². The Morgan fingerprint density at radius 3 is 2.47 bits per heavy atom. The highest BCUT2D eigenvalue weighted by molar-refractivity contribution is 6.69. The lowest BCUT2D eigenvalue weighted by molar-refractivity contribution is 0.337. The lowest BCUT2D eigenvalue weighted by atomic mass is 10.2. The molecule has 0 radical (unpaired) electrons. The smallest absolute Gasteiger partial charge is 0.278 e. The van der Waals surface area contributed by atoms with Crippen molar-refractivity contribution in [1.82, 2.24) is 0 Å². The van der Waals surface area contributed by atoms with Crippen molar-refractivity contribution >= 4 is 14.5 Å². The molecule has 4 heteroatoms. The summed E-state index contributed by atoms with van der Waals surface area (Å²) in [4.78, 5) is 0. The predicted octanol–water partition coefficient (Wildman–Crippen LogP) is 2.88. The Labute approximate surface area is 91.8 Å². The molecule has 0 bridgehead atoms. The SMILES string of the molecule is COc1ccccc1C=NO[Si](C)(C)C. The second-order valence-corrected chi connectivity index (χ2v) is 8.59. The van der Waals surface area contributed by atoms with Crippen molar-refractivity contribution in [1.29, 1.82) is 0 Å². The van der Waals surface area contributed by atoms with E-state index in [0.29, 0.717) is 0 Å². The van der Waals surface area contributed by atoms with Gasteiger partial charge in [-0.25, -0.2) is 0 Å². The fourth-order valence-electron chi connectivity index (χ4n) is 1.01. The lowest BCUT2D eigenvalue weighted by Crippen LogP contribution is -2.22. The number of oxime groups is 1. The molecule has 0 N–H and O–H groups in total. The van der Waals surface area contributed by atoms with Gasteiger partial charge in [-0.15, -0.1) is 5.16 Å². The molecule has 0 saturated carbocycles. The van der Waals surface area contributed by atoms with E-state index in [-0.39, 0.29) is 0 Å². The van der Waals surface area contributed by atoms with Gasteiger partial charge in [0.15, 0.2) is 0 Å². The first-order chi connectivity index (χ1) is 7.03. The van der Waals surface area contributed by atoms with Crippen molar-refractivity contribution in [2.24, 2.45) is 5.16 Å². The van der Waals surface area contributed by atoms with E-state index in [4.69, 9.17) is 9.26 Å². The zero-order valence-electron chi connectivity index (χ0n) is 9.65. The minimum absolute atomic E-state index is 0.806. The maximum absolute atomic E-state index is 5.39. The molecule has 0 spiro atoms. The molecule has 0 heterocycles. The van der Waals surface area contributed by atoms with E-state index in [2.05, 4.69) is 24.8 Å². The summed E-state index contributed by atoms with van der Waals surface area (Å²) in [6, 6.07) is 7.71. The van der Waals surface area contributed by atoms with Crippen LogP contribution in [0.2, 0.25) is 19.6 Å². The number of nitrogens with zero attached hydrogens (tertiary/aromatic N) is 1. The van der Waals surface area contributed by atoms with Crippen molar-refractivity contribution in [3.05, 3.63) is 29.8 Å². The van der Waals surface area contributed by atoms with E-state index >= 15 is 0 Å². The Morgan fingerprint density at radius 1 is 1.20 bits per heavy atom. The van der Waals surface area contributed by atoms with Crippen LogP contribution < -0.4 is 4.74 Å². The highest BCUT2D eigenvalue weighted by atomic mass is 28.4. The summed E-state index contributed by atoms with van der Waals surface area (Å²) in [5.74, 6) is 0.806. The highest BCUT2D eigenvalue weighted by Crippen LogP contribution is 2.15. The van der Waals surface area contributed by atoms with Crippen molar-refractivity contribution in [3.8, 4) is 5.75 Å². The lowest BCUT2D eigenvalue weighted by Gasteiger charge is -2.12. The van der Waals surface area contributed by atoms with Crippen LogP contribution in [0.1, 0.15) is 5.56 Å². The van der Waals surface area contributed by atoms with Crippen LogP contribution in [-0.2, 0) is 4.53 Å². The zero-order valence-corrected chi connectivity index (χ0v) is 10.7. The van der Waals surface area contributed by atoms with E-state index < -0.39 is 8.32 Å². The van der Waals surface area contributed by atoms with E-state index in [1.165, 1.54) is 0 Å². The number of benzene rings is 1. The Hall–Kier alpha value is -1.29. The van der Waals surface area contributed by atoms with E-state index in [0.717, 1.165) is 11.3 Å². The van der Waals surface area contributed by atoms with Crippen molar-refractivity contribution in [2.45, 2.75) is 19.6 Å². The monoisotopic (exact) mass is 223 g/mol. The number of para-hydroxylation sites is 1. The van der Waals surface area contributed by atoms with Crippen LogP contribution >= 0.6 is 0 Å². The number of ether oxygens (including phenoxy) is 1. The molecule has 0 saturated heterocycles. The molecule has 0 fully saturated rings. The van der Waals surface area contributed by atoms with Crippen LogP contribution in [0.25, 0.3) is 0 Å². The van der Waals surface area contributed by atoms with Crippen LogP contribution in [0.15, 0.2) is 29.4 Å². The van der Waals surface area contributed by atoms with Crippen molar-refractivity contribution < 1.29 is 9.26 Å². The Bertz CT molecular complexity index is 345. The second kappa shape index (κ2) is 4.98. The standard InChI is InChI=1S/C11H17NO2Si/c1-13-11-8-6-5-7-10(11)9-12-14-15(2,3)4/h5-9H,1-4H3. The summed E-state index contributed by atoms with van der Waals surface area (Å²) in [5, 5.41) is 3.98. The van der Waals surface area contributed by atoms with Gasteiger partial charge in [0.25, 0.3) is 8.32 Å². The van der Waals surface area contributed by atoms with Gasteiger partial charge in [0, 0.05) is 5.56 Å². The summed E-state index contributed by atoms with van der Waals surface area (Å²) in [6.45, 7) is 6.27. The first-order valence-electron chi connectivity index (χ1n) is 4.87.